The first-order valence-electron chi connectivity index (χ1n) is 4.70. The first-order valence-corrected chi connectivity index (χ1v) is 7.77. The number of hydrogen-bond donors (Lipinski definition) is 1. The average molecular weight is 371 g/mol. The van der Waals surface area contributed by atoms with Crippen LogP contribution in [0.25, 0.3) is 0 Å². The quantitative estimate of drug-likeness (QED) is 0.831. The zero-order chi connectivity index (χ0) is 15.7. The molecule has 1 amide bonds. The van der Waals surface area contributed by atoms with Gasteiger partial charge in [-0.2, -0.15) is 13.2 Å². The molecule has 0 aliphatic rings. The Kier molecular flexibility index (Phi) is 5.18. The van der Waals surface area contributed by atoms with Crippen molar-refractivity contribution in [3.63, 3.8) is 0 Å². The van der Waals surface area contributed by atoms with Crippen molar-refractivity contribution in [2.45, 2.75) is 11.1 Å². The number of carbonyl (C=O) groups excluding carboxylic acids is 1. The number of rotatable bonds is 3. The van der Waals surface area contributed by atoms with Crippen molar-refractivity contribution in [1.29, 1.82) is 0 Å². The summed E-state index contributed by atoms with van der Waals surface area (Å²) in [6, 6.07) is 1.61. The van der Waals surface area contributed by atoms with Gasteiger partial charge < -0.3 is 5.32 Å². The van der Waals surface area contributed by atoms with Crippen LogP contribution >= 0.6 is 33.9 Å². The maximum atomic E-state index is 12.0. The number of nitrogens with one attached hydrogen (secondary N) is 1. The SMILES string of the molecule is O=C(NCC(F)(F)F)c1cc(S(=O)(=O)Cl)c(Cl)cc1Cl. The van der Waals surface area contributed by atoms with Crippen LogP contribution in [0.1, 0.15) is 10.4 Å². The van der Waals surface area contributed by atoms with Crippen LogP contribution in [-0.4, -0.2) is 27.0 Å². The fourth-order valence-corrected chi connectivity index (χ4v) is 2.99. The van der Waals surface area contributed by atoms with Crippen LogP contribution < -0.4 is 5.32 Å². The molecule has 0 bridgehead atoms. The first-order chi connectivity index (χ1) is 8.92. The number of carbonyl (C=O) groups is 1. The Bertz CT molecular complexity index is 646. The van der Waals surface area contributed by atoms with Gasteiger partial charge in [0.1, 0.15) is 11.4 Å². The third kappa shape index (κ3) is 4.69. The molecule has 11 heteroatoms. The minimum absolute atomic E-state index is 0.307. The molecule has 0 saturated heterocycles. The summed E-state index contributed by atoms with van der Waals surface area (Å²) in [7, 11) is 0.805. The largest absolute Gasteiger partial charge is 0.405 e. The van der Waals surface area contributed by atoms with Gasteiger partial charge in [0.05, 0.1) is 15.6 Å². The maximum absolute atomic E-state index is 12.0. The Hall–Kier alpha value is -0.700. The Labute approximate surface area is 126 Å². The summed E-state index contributed by atoms with van der Waals surface area (Å²) in [5.41, 5.74) is -0.487. The molecule has 0 unspecified atom stereocenters. The minimum atomic E-state index is -4.62. The molecule has 0 fully saturated rings. The van der Waals surface area contributed by atoms with Crippen molar-refractivity contribution in [1.82, 2.24) is 5.32 Å². The lowest BCUT2D eigenvalue weighted by Gasteiger charge is -2.10. The number of alkyl halides is 3. The standard InChI is InChI=1S/C9H5Cl3F3NO3S/c10-5-2-6(11)7(20(12,18)19)1-4(5)8(17)16-3-9(13,14)15/h1-2H,3H2,(H,16,17). The molecule has 0 spiro atoms. The Morgan fingerprint density at radius 3 is 2.20 bits per heavy atom. The molecule has 0 aliphatic heterocycles. The van der Waals surface area contributed by atoms with E-state index < -0.39 is 38.1 Å². The van der Waals surface area contributed by atoms with E-state index in [0.29, 0.717) is 6.07 Å². The zero-order valence-corrected chi connectivity index (χ0v) is 12.3. The van der Waals surface area contributed by atoms with Crippen LogP contribution in [0.3, 0.4) is 0 Å². The van der Waals surface area contributed by atoms with Gasteiger partial charge in [0, 0.05) is 10.7 Å². The average Bonchev–Trinajstić information content (AvgIpc) is 2.23. The number of hydrogen-bond acceptors (Lipinski definition) is 3. The van der Waals surface area contributed by atoms with Crippen LogP contribution in [0.5, 0.6) is 0 Å². The van der Waals surface area contributed by atoms with Gasteiger partial charge in [0.25, 0.3) is 15.0 Å². The predicted molar refractivity (Wildman–Crippen MR) is 67.9 cm³/mol. The Balaban J connectivity index is 3.16. The maximum Gasteiger partial charge on any atom is 0.405 e. The first kappa shape index (κ1) is 17.4. The second-order valence-corrected chi connectivity index (χ2v) is 6.85. The van der Waals surface area contributed by atoms with E-state index in [1.54, 1.807) is 5.32 Å². The van der Waals surface area contributed by atoms with Crippen LogP contribution in [0, 0.1) is 0 Å². The molecule has 0 heterocycles. The van der Waals surface area contributed by atoms with Crippen LogP contribution in [0.4, 0.5) is 13.2 Å². The van der Waals surface area contributed by atoms with Crippen LogP contribution in [-0.2, 0) is 9.05 Å². The normalized spacial score (nSPS) is 12.3. The molecule has 4 nitrogen and oxygen atoms in total. The summed E-state index contributed by atoms with van der Waals surface area (Å²) >= 11 is 11.2. The van der Waals surface area contributed by atoms with Gasteiger partial charge in [-0.3, -0.25) is 4.79 Å². The van der Waals surface area contributed by atoms with E-state index in [1.807, 2.05) is 0 Å². The van der Waals surface area contributed by atoms with Gasteiger partial charge in [-0.25, -0.2) is 8.42 Å². The van der Waals surface area contributed by atoms with Crippen molar-refractivity contribution >= 4 is 48.8 Å². The third-order valence-corrected chi connectivity index (χ3v) is 4.08. The monoisotopic (exact) mass is 369 g/mol. The highest BCUT2D eigenvalue weighted by Gasteiger charge is 2.29. The molecular formula is C9H5Cl3F3NO3S. The van der Waals surface area contributed by atoms with Gasteiger partial charge in [-0.15, -0.1) is 0 Å². The highest BCUT2D eigenvalue weighted by Crippen LogP contribution is 2.30. The summed E-state index contributed by atoms with van der Waals surface area (Å²) in [5, 5.41) is 0.892. The molecule has 0 atom stereocenters. The second-order valence-electron chi connectivity index (χ2n) is 3.50. The van der Waals surface area contributed by atoms with Crippen LogP contribution in [0.15, 0.2) is 17.0 Å². The van der Waals surface area contributed by atoms with Gasteiger partial charge in [0.2, 0.25) is 0 Å². The summed E-state index contributed by atoms with van der Waals surface area (Å²) in [6.07, 6.45) is -4.62. The van der Waals surface area contributed by atoms with Crippen molar-refractivity contribution in [3.8, 4) is 0 Å². The van der Waals surface area contributed by atoms with Gasteiger partial charge in [-0.1, -0.05) is 23.2 Å². The zero-order valence-electron chi connectivity index (χ0n) is 9.26. The van der Waals surface area contributed by atoms with E-state index >= 15 is 0 Å². The van der Waals surface area contributed by atoms with Crippen molar-refractivity contribution in [2.75, 3.05) is 6.54 Å². The molecule has 0 radical (unpaired) electrons. The minimum Gasteiger partial charge on any atom is -0.343 e. The summed E-state index contributed by atoms with van der Waals surface area (Å²) in [6.45, 7) is -1.59. The molecule has 1 aromatic rings. The molecule has 0 saturated carbocycles. The molecule has 1 aromatic carbocycles. The lowest BCUT2D eigenvalue weighted by molar-refractivity contribution is -0.123. The lowest BCUT2D eigenvalue weighted by Crippen LogP contribution is -2.33. The Morgan fingerprint density at radius 1 is 1.20 bits per heavy atom. The highest BCUT2D eigenvalue weighted by atomic mass is 35.7. The highest BCUT2D eigenvalue weighted by molar-refractivity contribution is 8.13. The summed E-state index contributed by atoms with van der Waals surface area (Å²) < 4.78 is 58.3. The number of halogens is 6. The summed E-state index contributed by atoms with van der Waals surface area (Å²) in [5.74, 6) is -1.20. The second kappa shape index (κ2) is 5.97. The van der Waals surface area contributed by atoms with E-state index in [1.165, 1.54) is 0 Å². The van der Waals surface area contributed by atoms with Crippen molar-refractivity contribution < 1.29 is 26.4 Å². The molecular weight excluding hydrogens is 366 g/mol. The van der Waals surface area contributed by atoms with Crippen molar-refractivity contribution in [3.05, 3.63) is 27.7 Å². The van der Waals surface area contributed by atoms with Gasteiger partial charge >= 0.3 is 6.18 Å². The van der Waals surface area contributed by atoms with Gasteiger partial charge in [0.15, 0.2) is 0 Å². The van der Waals surface area contributed by atoms with Crippen LogP contribution in [0.2, 0.25) is 10.0 Å². The molecule has 0 aromatic heterocycles. The smallest absolute Gasteiger partial charge is 0.343 e. The third-order valence-electron chi connectivity index (χ3n) is 1.98. The van der Waals surface area contributed by atoms with E-state index in [0.717, 1.165) is 6.07 Å². The van der Waals surface area contributed by atoms with Gasteiger partial charge in [-0.05, 0) is 12.1 Å². The number of benzene rings is 1. The molecule has 1 rings (SSSR count). The molecule has 0 aliphatic carbocycles. The van der Waals surface area contributed by atoms with E-state index in [9.17, 15) is 26.4 Å². The van der Waals surface area contributed by atoms with E-state index in [-0.39, 0.29) is 10.0 Å². The van der Waals surface area contributed by atoms with E-state index in [2.05, 4.69) is 0 Å². The van der Waals surface area contributed by atoms with Crippen molar-refractivity contribution in [2.24, 2.45) is 0 Å². The number of amides is 1. The fraction of sp³-hybridized carbons (Fsp3) is 0.222. The lowest BCUT2D eigenvalue weighted by atomic mass is 10.2. The Morgan fingerprint density at radius 2 is 1.75 bits per heavy atom. The summed E-state index contributed by atoms with van der Waals surface area (Å²) in [4.78, 5) is 10.9. The topological polar surface area (TPSA) is 63.2 Å². The molecule has 112 valence electrons. The molecule has 1 N–H and O–H groups in total. The predicted octanol–water partition coefficient (Wildman–Crippen LogP) is 3.21. The van der Waals surface area contributed by atoms with E-state index in [4.69, 9.17) is 33.9 Å². The molecule has 20 heavy (non-hydrogen) atoms. The fourth-order valence-electron chi connectivity index (χ4n) is 1.17.